The Morgan fingerprint density at radius 3 is 2.08 bits per heavy atom. The van der Waals surface area contributed by atoms with Crippen LogP contribution in [-0.4, -0.2) is 45.7 Å². The van der Waals surface area contributed by atoms with Gasteiger partial charge in [-0.1, -0.05) is 19.1 Å². The maximum absolute atomic E-state index is 13.8. The highest BCUT2D eigenvalue weighted by Crippen LogP contribution is 2.41. The number of nitrogens with zero attached hydrogens (tertiary/aromatic N) is 3. The van der Waals surface area contributed by atoms with E-state index in [9.17, 15) is 18.4 Å². The Hall–Kier alpha value is -2.76. The summed E-state index contributed by atoms with van der Waals surface area (Å²) >= 11 is 0. The molecule has 3 fully saturated rings. The van der Waals surface area contributed by atoms with Crippen LogP contribution >= 0.6 is 0 Å². The first-order valence-corrected chi connectivity index (χ1v) is 13.3. The molecular weight excluding hydrogens is 479 g/mol. The van der Waals surface area contributed by atoms with Crippen LogP contribution in [0.5, 0.6) is 0 Å². The number of nitriles is 1. The van der Waals surface area contributed by atoms with Gasteiger partial charge >= 0.3 is 6.18 Å². The van der Waals surface area contributed by atoms with Gasteiger partial charge in [-0.25, -0.2) is 0 Å². The van der Waals surface area contributed by atoms with Crippen molar-refractivity contribution in [1.82, 2.24) is 0 Å². The Bertz CT molecular complexity index is 1110. The van der Waals surface area contributed by atoms with Crippen molar-refractivity contribution >= 4 is 11.4 Å². The Kier molecular flexibility index (Phi) is 7.64. The van der Waals surface area contributed by atoms with E-state index in [-0.39, 0.29) is 23.8 Å². The highest BCUT2D eigenvalue weighted by Gasteiger charge is 2.38. The maximum Gasteiger partial charge on any atom is 0.418 e. The lowest BCUT2D eigenvalue weighted by Gasteiger charge is -2.36. The molecule has 0 aromatic heterocycles. The number of anilines is 2. The SMILES string of the molecule is CCc1c(N2CCC(c3ccc(N4CCC(C5OCCO5)CC4)cc3)CC2)ccc(C#N)c1C(F)(F)F. The molecule has 5 rings (SSSR count). The summed E-state index contributed by atoms with van der Waals surface area (Å²) in [6.45, 7) is 6.51. The predicted molar refractivity (Wildman–Crippen MR) is 137 cm³/mol. The number of halogens is 3. The summed E-state index contributed by atoms with van der Waals surface area (Å²) in [7, 11) is 0. The Balaban J connectivity index is 1.21. The van der Waals surface area contributed by atoms with Gasteiger partial charge in [-0.2, -0.15) is 18.4 Å². The minimum Gasteiger partial charge on any atom is -0.372 e. The summed E-state index contributed by atoms with van der Waals surface area (Å²) < 4.78 is 52.7. The molecule has 0 radical (unpaired) electrons. The van der Waals surface area contributed by atoms with Crippen LogP contribution in [0, 0.1) is 17.2 Å². The van der Waals surface area contributed by atoms with E-state index in [1.807, 2.05) is 0 Å². The Morgan fingerprint density at radius 1 is 0.892 bits per heavy atom. The number of rotatable bonds is 5. The lowest BCUT2D eigenvalue weighted by Crippen LogP contribution is -2.38. The van der Waals surface area contributed by atoms with Crippen molar-refractivity contribution in [3.63, 3.8) is 0 Å². The second-order valence-corrected chi connectivity index (χ2v) is 10.2. The van der Waals surface area contributed by atoms with Gasteiger partial charge in [-0.3, -0.25) is 0 Å². The van der Waals surface area contributed by atoms with Crippen LogP contribution in [0.3, 0.4) is 0 Å². The molecule has 0 aliphatic carbocycles. The van der Waals surface area contributed by atoms with Crippen molar-refractivity contribution in [2.75, 3.05) is 49.2 Å². The fraction of sp³-hybridized carbons (Fsp3) is 0.552. The topological polar surface area (TPSA) is 48.7 Å². The largest absolute Gasteiger partial charge is 0.418 e. The van der Waals surface area contributed by atoms with Crippen molar-refractivity contribution in [3.8, 4) is 6.07 Å². The molecule has 0 amide bonds. The molecule has 37 heavy (non-hydrogen) atoms. The van der Waals surface area contributed by atoms with Gasteiger partial charge in [0.1, 0.15) is 0 Å². The minimum absolute atomic E-state index is 0.0341. The third-order valence-electron chi connectivity index (χ3n) is 8.18. The molecule has 0 atom stereocenters. The fourth-order valence-corrected chi connectivity index (χ4v) is 6.20. The summed E-state index contributed by atoms with van der Waals surface area (Å²) in [5.41, 5.74) is 2.28. The predicted octanol–water partition coefficient (Wildman–Crippen LogP) is 6.11. The molecule has 0 spiro atoms. The summed E-state index contributed by atoms with van der Waals surface area (Å²) in [5, 5.41) is 9.25. The van der Waals surface area contributed by atoms with E-state index in [2.05, 4.69) is 34.1 Å². The molecule has 0 bridgehead atoms. The van der Waals surface area contributed by atoms with Crippen LogP contribution in [-0.2, 0) is 22.1 Å². The van der Waals surface area contributed by atoms with Crippen molar-refractivity contribution < 1.29 is 22.6 Å². The molecule has 0 N–H and O–H groups in total. The number of ether oxygens (including phenoxy) is 2. The molecule has 3 aliphatic heterocycles. The molecule has 2 aromatic carbocycles. The van der Waals surface area contributed by atoms with Gasteiger partial charge in [0, 0.05) is 43.5 Å². The zero-order valence-corrected chi connectivity index (χ0v) is 21.3. The summed E-state index contributed by atoms with van der Waals surface area (Å²) in [5.74, 6) is 0.859. The quantitative estimate of drug-likeness (QED) is 0.483. The normalized spacial score (nSPS) is 20.4. The van der Waals surface area contributed by atoms with Gasteiger partial charge in [-0.05, 0) is 73.4 Å². The number of piperidine rings is 2. The zero-order chi connectivity index (χ0) is 26.0. The minimum atomic E-state index is -4.54. The molecule has 0 saturated carbocycles. The van der Waals surface area contributed by atoms with Gasteiger partial charge in [0.15, 0.2) is 6.29 Å². The molecule has 5 nitrogen and oxygen atoms in total. The van der Waals surface area contributed by atoms with E-state index in [0.29, 0.717) is 43.8 Å². The van der Waals surface area contributed by atoms with Crippen molar-refractivity contribution in [1.29, 1.82) is 5.26 Å². The summed E-state index contributed by atoms with van der Waals surface area (Å²) in [4.78, 5) is 4.48. The Morgan fingerprint density at radius 2 is 1.51 bits per heavy atom. The second-order valence-electron chi connectivity index (χ2n) is 10.2. The molecule has 3 saturated heterocycles. The first-order chi connectivity index (χ1) is 17.9. The van der Waals surface area contributed by atoms with E-state index >= 15 is 0 Å². The number of alkyl halides is 3. The lowest BCUT2D eigenvalue weighted by atomic mass is 9.88. The maximum atomic E-state index is 13.8. The van der Waals surface area contributed by atoms with E-state index in [4.69, 9.17) is 9.47 Å². The monoisotopic (exact) mass is 513 g/mol. The lowest BCUT2D eigenvalue weighted by molar-refractivity contribution is -0.138. The Labute approximate surface area is 216 Å². The average Bonchev–Trinajstić information content (AvgIpc) is 3.47. The summed E-state index contributed by atoms with van der Waals surface area (Å²) in [6, 6.07) is 13.6. The van der Waals surface area contributed by atoms with Gasteiger partial charge < -0.3 is 19.3 Å². The van der Waals surface area contributed by atoms with Crippen molar-refractivity contribution in [2.24, 2.45) is 5.92 Å². The molecule has 0 unspecified atom stereocenters. The van der Waals surface area contributed by atoms with E-state index in [0.717, 1.165) is 38.8 Å². The molecule has 8 heteroatoms. The molecule has 198 valence electrons. The van der Waals surface area contributed by atoms with E-state index < -0.39 is 11.7 Å². The van der Waals surface area contributed by atoms with Crippen LogP contribution in [0.4, 0.5) is 24.5 Å². The van der Waals surface area contributed by atoms with E-state index in [1.54, 1.807) is 19.1 Å². The zero-order valence-electron chi connectivity index (χ0n) is 21.3. The summed E-state index contributed by atoms with van der Waals surface area (Å²) in [6.07, 6.45) is -0.439. The third kappa shape index (κ3) is 5.44. The third-order valence-corrected chi connectivity index (χ3v) is 8.18. The van der Waals surface area contributed by atoms with Crippen molar-refractivity contribution in [3.05, 3.63) is 58.7 Å². The molecular formula is C29H34F3N3O2. The highest BCUT2D eigenvalue weighted by molar-refractivity contribution is 5.62. The fourth-order valence-electron chi connectivity index (χ4n) is 6.20. The van der Waals surface area contributed by atoms with Crippen LogP contribution in [0.25, 0.3) is 0 Å². The second kappa shape index (κ2) is 10.9. The van der Waals surface area contributed by atoms with Crippen LogP contribution in [0.2, 0.25) is 0 Å². The average molecular weight is 514 g/mol. The number of benzene rings is 2. The standard InChI is InChI=1S/C29H34F3N3O2/c1-2-25-26(8-5-23(19-33)27(25)29(30,31)32)35-15-9-21(10-16-35)20-3-6-24(7-4-20)34-13-11-22(12-14-34)28-36-17-18-37-28/h3-8,21-22,28H,2,9-18H2,1H3. The van der Waals surface area contributed by atoms with Crippen molar-refractivity contribution in [2.45, 2.75) is 57.4 Å². The van der Waals surface area contributed by atoms with Gasteiger partial charge in [0.05, 0.1) is 30.4 Å². The number of hydrogen-bond donors (Lipinski definition) is 0. The first kappa shape index (κ1) is 25.9. The van der Waals surface area contributed by atoms with Crippen LogP contribution in [0.15, 0.2) is 36.4 Å². The van der Waals surface area contributed by atoms with Gasteiger partial charge in [0.2, 0.25) is 0 Å². The van der Waals surface area contributed by atoms with Gasteiger partial charge in [-0.15, -0.1) is 0 Å². The molecule has 3 aliphatic rings. The van der Waals surface area contributed by atoms with Gasteiger partial charge in [0.25, 0.3) is 0 Å². The molecule has 3 heterocycles. The van der Waals surface area contributed by atoms with Crippen LogP contribution in [0.1, 0.15) is 60.8 Å². The van der Waals surface area contributed by atoms with E-state index in [1.165, 1.54) is 17.3 Å². The van der Waals surface area contributed by atoms with Crippen LogP contribution < -0.4 is 9.80 Å². The first-order valence-electron chi connectivity index (χ1n) is 13.3. The highest BCUT2D eigenvalue weighted by atomic mass is 19.4. The number of hydrogen-bond acceptors (Lipinski definition) is 5. The smallest absolute Gasteiger partial charge is 0.372 e. The molecule has 2 aromatic rings.